The molecule has 256 valence electrons. The summed E-state index contributed by atoms with van der Waals surface area (Å²) in [7, 11) is 1.39. The van der Waals surface area contributed by atoms with E-state index in [0.717, 1.165) is 79.1 Å². The van der Waals surface area contributed by atoms with Gasteiger partial charge in [-0.05, 0) is 103 Å². The van der Waals surface area contributed by atoms with Crippen LogP contribution in [0.1, 0.15) is 84.1 Å². The lowest BCUT2D eigenvalue weighted by atomic mass is 9.92. The maximum Gasteiger partial charge on any atom is 0.339 e. The van der Waals surface area contributed by atoms with Crippen molar-refractivity contribution < 1.29 is 23.7 Å². The van der Waals surface area contributed by atoms with Gasteiger partial charge in [0.05, 0.1) is 35.7 Å². The molecule has 0 N–H and O–H groups in total. The first-order chi connectivity index (χ1) is 22.8. The van der Waals surface area contributed by atoms with Crippen molar-refractivity contribution in [2.24, 2.45) is 0 Å². The summed E-state index contributed by atoms with van der Waals surface area (Å²) in [5.74, 6) is 1.10. The fraction of sp³-hybridized carbons (Fsp3) is 0.500. The van der Waals surface area contributed by atoms with E-state index >= 15 is 0 Å². The predicted molar refractivity (Wildman–Crippen MR) is 189 cm³/mol. The van der Waals surface area contributed by atoms with Crippen molar-refractivity contribution in [3.05, 3.63) is 64.8 Å². The van der Waals surface area contributed by atoms with Gasteiger partial charge in [0.2, 0.25) is 0 Å². The highest BCUT2D eigenvalue weighted by Crippen LogP contribution is 2.40. The Balaban J connectivity index is 1.54. The minimum Gasteiger partial charge on any atom is -0.490 e. The van der Waals surface area contributed by atoms with Crippen molar-refractivity contribution in [1.82, 2.24) is 14.6 Å². The van der Waals surface area contributed by atoms with Crippen LogP contribution >= 0.6 is 11.6 Å². The van der Waals surface area contributed by atoms with Gasteiger partial charge in [0.1, 0.15) is 11.6 Å². The van der Waals surface area contributed by atoms with E-state index < -0.39 is 17.7 Å². The first kappa shape index (κ1) is 34.2. The first-order valence-electron chi connectivity index (χ1n) is 17.0. The predicted octanol–water partition coefficient (Wildman–Crippen LogP) is 8.38. The molecule has 2 unspecified atom stereocenters. The molecular weight excluding hydrogens is 628 g/mol. The molecule has 3 aliphatic heterocycles. The second-order valence-electron chi connectivity index (χ2n) is 14.3. The van der Waals surface area contributed by atoms with Crippen LogP contribution in [-0.2, 0) is 19.0 Å². The number of aryl methyl sites for hydroxylation is 1. The maximum absolute atomic E-state index is 13.4. The average molecular weight is 675 g/mol. The van der Waals surface area contributed by atoms with E-state index in [0.29, 0.717) is 28.5 Å². The van der Waals surface area contributed by atoms with Crippen molar-refractivity contribution >= 4 is 29.0 Å². The van der Waals surface area contributed by atoms with Crippen molar-refractivity contribution in [2.75, 3.05) is 31.7 Å². The van der Waals surface area contributed by atoms with Gasteiger partial charge in [-0.25, -0.2) is 9.78 Å². The molecule has 0 spiro atoms. The van der Waals surface area contributed by atoms with Gasteiger partial charge >= 0.3 is 5.97 Å². The van der Waals surface area contributed by atoms with Crippen LogP contribution in [0.4, 0.5) is 5.82 Å². The summed E-state index contributed by atoms with van der Waals surface area (Å²) in [6.45, 7) is 14.2. The molecule has 0 aliphatic carbocycles. The van der Waals surface area contributed by atoms with Crippen LogP contribution in [0.3, 0.4) is 0 Å². The molecule has 1 saturated heterocycles. The van der Waals surface area contributed by atoms with E-state index in [-0.39, 0.29) is 11.7 Å². The van der Waals surface area contributed by atoms with Crippen molar-refractivity contribution in [1.29, 1.82) is 0 Å². The molecule has 10 heteroatoms. The van der Waals surface area contributed by atoms with Crippen LogP contribution < -0.4 is 9.64 Å². The number of carbonyl (C=O) groups excluding carboxylic acids is 1. The van der Waals surface area contributed by atoms with Crippen LogP contribution in [-0.4, -0.2) is 64.7 Å². The lowest BCUT2D eigenvalue weighted by molar-refractivity contribution is -0.164. The number of nitrogens with zero attached hydrogens (tertiary/aromatic N) is 4. The number of hydrogen-bond acceptors (Lipinski definition) is 8. The molecule has 4 aromatic rings. The molecule has 48 heavy (non-hydrogen) atoms. The van der Waals surface area contributed by atoms with Crippen molar-refractivity contribution in [3.8, 4) is 28.1 Å². The Morgan fingerprint density at radius 2 is 1.83 bits per heavy atom. The van der Waals surface area contributed by atoms with Gasteiger partial charge in [-0.1, -0.05) is 29.8 Å². The fourth-order valence-corrected chi connectivity index (χ4v) is 6.87. The van der Waals surface area contributed by atoms with Gasteiger partial charge in [0, 0.05) is 47.6 Å². The van der Waals surface area contributed by atoms with Gasteiger partial charge < -0.3 is 23.8 Å². The highest BCUT2D eigenvalue weighted by atomic mass is 35.5. The van der Waals surface area contributed by atoms with E-state index in [1.807, 2.05) is 68.6 Å². The van der Waals surface area contributed by atoms with E-state index in [2.05, 4.69) is 30.9 Å². The van der Waals surface area contributed by atoms with Gasteiger partial charge in [0.25, 0.3) is 0 Å². The Morgan fingerprint density at radius 3 is 2.56 bits per heavy atom. The monoisotopic (exact) mass is 674 g/mol. The molecule has 1 fully saturated rings. The number of methoxy groups -OCH3 is 1. The van der Waals surface area contributed by atoms with E-state index in [9.17, 15) is 4.79 Å². The Hall–Kier alpha value is -3.66. The number of fused-ring (bicyclic) bond motifs is 8. The Bertz CT molecular complexity index is 1790. The molecule has 6 bridgehead atoms. The molecule has 5 heterocycles. The van der Waals surface area contributed by atoms with Crippen molar-refractivity contribution in [3.63, 3.8) is 0 Å². The van der Waals surface area contributed by atoms with Crippen LogP contribution in [0.15, 0.2) is 48.5 Å². The summed E-state index contributed by atoms with van der Waals surface area (Å²) in [5.41, 5.74) is 4.74. The highest BCUT2D eigenvalue weighted by Gasteiger charge is 2.38. The number of hydrogen-bond donors (Lipinski definition) is 0. The van der Waals surface area contributed by atoms with Crippen molar-refractivity contribution in [2.45, 2.75) is 97.1 Å². The zero-order valence-corrected chi connectivity index (χ0v) is 29.9. The molecule has 0 radical (unpaired) electrons. The third kappa shape index (κ3) is 7.33. The number of rotatable bonds is 3. The lowest BCUT2D eigenvalue weighted by Gasteiger charge is -2.41. The normalized spacial score (nSPS) is 21.1. The lowest BCUT2D eigenvalue weighted by Crippen LogP contribution is -2.46. The number of ether oxygens (including phenoxy) is 4. The summed E-state index contributed by atoms with van der Waals surface area (Å²) in [4.78, 5) is 20.7. The third-order valence-corrected chi connectivity index (χ3v) is 9.50. The third-order valence-electron chi connectivity index (χ3n) is 9.27. The Labute approximate surface area is 288 Å². The number of piperidine rings is 1. The Morgan fingerprint density at radius 1 is 1.08 bits per heavy atom. The largest absolute Gasteiger partial charge is 0.490 e. The number of benzene rings is 2. The molecule has 0 saturated carbocycles. The second-order valence-corrected chi connectivity index (χ2v) is 14.7. The quantitative estimate of drug-likeness (QED) is 0.200. The maximum atomic E-state index is 13.4. The number of carbonyl (C=O) groups is 1. The van der Waals surface area contributed by atoms with Gasteiger partial charge in [-0.2, -0.15) is 9.61 Å². The summed E-state index contributed by atoms with van der Waals surface area (Å²) >= 11 is 6.51. The highest BCUT2D eigenvalue weighted by molar-refractivity contribution is 6.31. The molecule has 2 aromatic heterocycles. The number of aromatic nitrogens is 3. The number of esters is 1. The standard InChI is InChI=1S/C38H47ClN4O5/c1-24-11-8-9-20-46-38(6)16-18-42(19-17-38)35-33(34(36(44)45-7)48-37(3,4)5)25(2)40-32-23-30(41-43(32)35)27-13-10-12-26(21-27)29-22-28(39)14-15-31(29)47-24/h10,12-15,21-24,34H,8-9,11,16-20H2,1-7H3. The van der Waals surface area contributed by atoms with E-state index in [4.69, 9.17) is 40.6 Å². The average Bonchev–Trinajstić information content (AvgIpc) is 3.47. The van der Waals surface area contributed by atoms with Crippen LogP contribution in [0.25, 0.3) is 28.0 Å². The SMILES string of the molecule is COC(=O)C(OC(C)(C)C)c1c(C)nc2cc3nn2c1N1CCC(C)(CC1)OCCCCC(C)Oc1ccc(Cl)cc1-c1cccc-3c1. The molecule has 7 rings (SSSR count). The van der Waals surface area contributed by atoms with Crippen LogP contribution in [0.2, 0.25) is 5.02 Å². The zero-order chi connectivity index (χ0) is 34.2. The van der Waals surface area contributed by atoms with Gasteiger partial charge in [0.15, 0.2) is 11.8 Å². The second kappa shape index (κ2) is 13.7. The van der Waals surface area contributed by atoms with E-state index in [1.165, 1.54) is 7.11 Å². The summed E-state index contributed by atoms with van der Waals surface area (Å²) in [5, 5.41) is 5.80. The smallest absolute Gasteiger partial charge is 0.339 e. The van der Waals surface area contributed by atoms with Crippen LogP contribution in [0.5, 0.6) is 5.75 Å². The summed E-state index contributed by atoms with van der Waals surface area (Å²) in [6.07, 6.45) is 3.58. The molecule has 3 aliphatic rings. The molecule has 9 nitrogen and oxygen atoms in total. The summed E-state index contributed by atoms with van der Waals surface area (Å²) < 4.78 is 26.6. The fourth-order valence-electron chi connectivity index (χ4n) is 6.69. The Kier molecular flexibility index (Phi) is 9.76. The molecule has 0 amide bonds. The van der Waals surface area contributed by atoms with Crippen LogP contribution in [0, 0.1) is 6.92 Å². The molecule has 2 aromatic carbocycles. The molecular formula is C38H47ClN4O5. The topological polar surface area (TPSA) is 87.4 Å². The minimum absolute atomic E-state index is 0.0361. The number of halogens is 1. The summed E-state index contributed by atoms with van der Waals surface area (Å²) in [6, 6.07) is 16.0. The molecule has 2 atom stereocenters. The first-order valence-corrected chi connectivity index (χ1v) is 17.3. The van der Waals surface area contributed by atoms with E-state index in [1.54, 1.807) is 0 Å². The van der Waals surface area contributed by atoms with Gasteiger partial charge in [-0.3, -0.25) is 0 Å². The van der Waals surface area contributed by atoms with Gasteiger partial charge in [-0.15, -0.1) is 0 Å². The zero-order valence-electron chi connectivity index (χ0n) is 29.1. The number of anilines is 1. The minimum atomic E-state index is -0.989.